The first-order chi connectivity index (χ1) is 11.2. The molecule has 1 aliphatic heterocycles. The summed E-state index contributed by atoms with van der Waals surface area (Å²) >= 11 is 0. The molecule has 4 nitrogen and oxygen atoms in total. The fourth-order valence-electron chi connectivity index (χ4n) is 2.39. The van der Waals surface area contributed by atoms with Gasteiger partial charge in [-0.2, -0.15) is 0 Å². The van der Waals surface area contributed by atoms with Gasteiger partial charge in [-0.1, -0.05) is 42.2 Å². The summed E-state index contributed by atoms with van der Waals surface area (Å²) in [4.78, 5) is 23.4. The van der Waals surface area contributed by atoms with Crippen LogP contribution in [0.25, 0.3) is 0 Å². The first-order valence-corrected chi connectivity index (χ1v) is 7.49. The Labute approximate surface area is 134 Å². The van der Waals surface area contributed by atoms with Crippen molar-refractivity contribution in [2.75, 3.05) is 5.32 Å². The number of hydrogen-bond donors (Lipinski definition) is 2. The Bertz CT molecular complexity index is 788. The van der Waals surface area contributed by atoms with E-state index in [2.05, 4.69) is 22.5 Å². The van der Waals surface area contributed by atoms with E-state index in [1.54, 1.807) is 0 Å². The molecular weight excluding hydrogens is 288 g/mol. The minimum Gasteiger partial charge on any atom is -0.344 e. The van der Waals surface area contributed by atoms with E-state index in [9.17, 15) is 9.59 Å². The Morgan fingerprint density at radius 2 is 1.78 bits per heavy atom. The lowest BCUT2D eigenvalue weighted by Crippen LogP contribution is -2.37. The van der Waals surface area contributed by atoms with E-state index in [0.29, 0.717) is 18.5 Å². The minimum atomic E-state index is -0.461. The lowest BCUT2D eigenvalue weighted by Gasteiger charge is -2.12. The molecule has 23 heavy (non-hydrogen) atoms. The van der Waals surface area contributed by atoms with Crippen molar-refractivity contribution in [1.82, 2.24) is 5.32 Å². The predicted octanol–water partition coefficient (Wildman–Crippen LogP) is 2.30. The molecule has 1 saturated heterocycles. The third-order valence-electron chi connectivity index (χ3n) is 3.61. The van der Waals surface area contributed by atoms with Crippen LogP contribution in [0.5, 0.6) is 0 Å². The van der Waals surface area contributed by atoms with Gasteiger partial charge in [-0.25, -0.2) is 0 Å². The van der Waals surface area contributed by atoms with Crippen molar-refractivity contribution >= 4 is 17.5 Å². The molecular formula is C19H16N2O2. The zero-order valence-electron chi connectivity index (χ0n) is 12.5. The summed E-state index contributed by atoms with van der Waals surface area (Å²) in [5.74, 6) is 5.88. The lowest BCUT2D eigenvalue weighted by atomic mass is 10.1. The Morgan fingerprint density at radius 3 is 2.52 bits per heavy atom. The van der Waals surface area contributed by atoms with Crippen molar-refractivity contribution in [2.45, 2.75) is 18.9 Å². The third-order valence-corrected chi connectivity index (χ3v) is 3.61. The molecule has 0 saturated carbocycles. The van der Waals surface area contributed by atoms with Gasteiger partial charge in [-0.05, 0) is 30.7 Å². The fourth-order valence-corrected chi connectivity index (χ4v) is 2.39. The average molecular weight is 304 g/mol. The first-order valence-electron chi connectivity index (χ1n) is 7.49. The normalized spacial score (nSPS) is 16.2. The molecule has 1 fully saturated rings. The monoisotopic (exact) mass is 304 g/mol. The summed E-state index contributed by atoms with van der Waals surface area (Å²) in [6.07, 6.45) is 0.927. The molecule has 0 bridgehead atoms. The highest BCUT2D eigenvalue weighted by Crippen LogP contribution is 2.16. The highest BCUT2D eigenvalue weighted by molar-refractivity contribution is 5.99. The third kappa shape index (κ3) is 3.78. The van der Waals surface area contributed by atoms with E-state index in [1.807, 2.05) is 54.6 Å². The molecule has 2 aromatic rings. The number of rotatable bonds is 2. The van der Waals surface area contributed by atoms with E-state index in [0.717, 1.165) is 11.1 Å². The van der Waals surface area contributed by atoms with Crippen LogP contribution in [0.15, 0.2) is 54.6 Å². The molecule has 114 valence electrons. The Morgan fingerprint density at radius 1 is 1.04 bits per heavy atom. The summed E-state index contributed by atoms with van der Waals surface area (Å²) < 4.78 is 0. The molecule has 1 aliphatic rings. The maximum atomic E-state index is 12.2. The van der Waals surface area contributed by atoms with Gasteiger partial charge in [0.1, 0.15) is 6.04 Å². The lowest BCUT2D eigenvalue weighted by molar-refractivity contribution is -0.122. The Balaban J connectivity index is 1.77. The van der Waals surface area contributed by atoms with Crippen molar-refractivity contribution in [3.05, 3.63) is 65.7 Å². The van der Waals surface area contributed by atoms with Crippen molar-refractivity contribution < 1.29 is 9.59 Å². The number of amides is 2. The smallest absolute Gasteiger partial charge is 0.246 e. The highest BCUT2D eigenvalue weighted by atomic mass is 16.2. The fraction of sp³-hybridized carbons (Fsp3) is 0.158. The van der Waals surface area contributed by atoms with Gasteiger partial charge in [0, 0.05) is 17.5 Å². The predicted molar refractivity (Wildman–Crippen MR) is 88.7 cm³/mol. The van der Waals surface area contributed by atoms with Gasteiger partial charge in [-0.15, -0.1) is 0 Å². The van der Waals surface area contributed by atoms with Gasteiger partial charge in [0.2, 0.25) is 11.8 Å². The second-order valence-electron chi connectivity index (χ2n) is 5.31. The summed E-state index contributed by atoms with van der Waals surface area (Å²) in [5, 5.41) is 5.52. The van der Waals surface area contributed by atoms with Crippen LogP contribution in [-0.4, -0.2) is 17.9 Å². The van der Waals surface area contributed by atoms with Gasteiger partial charge in [0.05, 0.1) is 5.69 Å². The number of nitrogens with one attached hydrogen (secondary N) is 2. The molecule has 2 N–H and O–H groups in total. The average Bonchev–Trinajstić information content (AvgIpc) is 3.02. The highest BCUT2D eigenvalue weighted by Gasteiger charge is 2.27. The zero-order chi connectivity index (χ0) is 16.1. The second kappa shape index (κ2) is 6.80. The number of para-hydroxylation sites is 1. The van der Waals surface area contributed by atoms with Crippen LogP contribution in [0.3, 0.4) is 0 Å². The van der Waals surface area contributed by atoms with Crippen LogP contribution < -0.4 is 10.6 Å². The largest absolute Gasteiger partial charge is 0.344 e. The van der Waals surface area contributed by atoms with E-state index in [4.69, 9.17) is 0 Å². The molecule has 3 rings (SSSR count). The number of anilines is 1. The van der Waals surface area contributed by atoms with Crippen LogP contribution in [0.1, 0.15) is 24.0 Å². The topological polar surface area (TPSA) is 58.2 Å². The number of carbonyl (C=O) groups is 2. The van der Waals surface area contributed by atoms with Crippen LogP contribution >= 0.6 is 0 Å². The molecule has 0 spiro atoms. The Kier molecular flexibility index (Phi) is 4.39. The standard InChI is InChI=1S/C19H16N2O2/c22-18-13-12-17(20-18)19(23)21-16-9-5-4-8-15(16)11-10-14-6-2-1-3-7-14/h1-9,17H,12-13H2,(H,20,22)(H,21,23). The second-order valence-corrected chi connectivity index (χ2v) is 5.31. The summed E-state index contributed by atoms with van der Waals surface area (Å²) in [6, 6.07) is 16.6. The molecule has 1 heterocycles. The van der Waals surface area contributed by atoms with E-state index in [1.165, 1.54) is 0 Å². The maximum Gasteiger partial charge on any atom is 0.246 e. The number of hydrogen-bond acceptors (Lipinski definition) is 2. The van der Waals surface area contributed by atoms with Crippen LogP contribution in [0, 0.1) is 11.8 Å². The quantitative estimate of drug-likeness (QED) is 0.837. The molecule has 0 aliphatic carbocycles. The molecule has 4 heteroatoms. The summed E-state index contributed by atoms with van der Waals surface area (Å²) in [5.41, 5.74) is 2.31. The van der Waals surface area contributed by atoms with Crippen molar-refractivity contribution in [3.8, 4) is 11.8 Å². The van der Waals surface area contributed by atoms with Crippen molar-refractivity contribution in [3.63, 3.8) is 0 Å². The molecule has 0 radical (unpaired) electrons. The van der Waals surface area contributed by atoms with Gasteiger partial charge in [-0.3, -0.25) is 9.59 Å². The van der Waals surface area contributed by atoms with E-state index >= 15 is 0 Å². The zero-order valence-corrected chi connectivity index (χ0v) is 12.5. The number of carbonyl (C=O) groups excluding carboxylic acids is 2. The van der Waals surface area contributed by atoms with E-state index in [-0.39, 0.29) is 11.8 Å². The minimum absolute atomic E-state index is 0.0812. The van der Waals surface area contributed by atoms with Crippen LogP contribution in [0.2, 0.25) is 0 Å². The van der Waals surface area contributed by atoms with Crippen LogP contribution in [0.4, 0.5) is 5.69 Å². The maximum absolute atomic E-state index is 12.2. The SMILES string of the molecule is O=C1CCC(C(=O)Nc2ccccc2C#Cc2ccccc2)N1. The molecule has 2 aromatic carbocycles. The van der Waals surface area contributed by atoms with Gasteiger partial charge < -0.3 is 10.6 Å². The van der Waals surface area contributed by atoms with Gasteiger partial charge in [0.25, 0.3) is 0 Å². The summed E-state index contributed by atoms with van der Waals surface area (Å²) in [7, 11) is 0. The van der Waals surface area contributed by atoms with Crippen LogP contribution in [-0.2, 0) is 9.59 Å². The summed E-state index contributed by atoms with van der Waals surface area (Å²) in [6.45, 7) is 0. The van der Waals surface area contributed by atoms with Crippen molar-refractivity contribution in [2.24, 2.45) is 0 Å². The Hall–Kier alpha value is -3.06. The van der Waals surface area contributed by atoms with E-state index < -0.39 is 6.04 Å². The van der Waals surface area contributed by atoms with Gasteiger partial charge in [0.15, 0.2) is 0 Å². The molecule has 1 unspecified atom stereocenters. The van der Waals surface area contributed by atoms with Crippen molar-refractivity contribution in [1.29, 1.82) is 0 Å². The molecule has 1 atom stereocenters. The first kappa shape index (κ1) is 14.9. The molecule has 2 amide bonds. The van der Waals surface area contributed by atoms with Gasteiger partial charge >= 0.3 is 0 Å². The molecule has 0 aromatic heterocycles. The number of benzene rings is 2.